The predicted octanol–water partition coefficient (Wildman–Crippen LogP) is 5.48. The van der Waals surface area contributed by atoms with E-state index >= 15 is 0 Å². The molecule has 0 spiro atoms. The number of imide groups is 1. The number of nitrogens with zero attached hydrogens (tertiary/aromatic N) is 1. The Morgan fingerprint density at radius 2 is 1.55 bits per heavy atom. The van der Waals surface area contributed by atoms with E-state index in [1.807, 2.05) is 32.9 Å². The summed E-state index contributed by atoms with van der Waals surface area (Å²) < 4.78 is 5.00. The Morgan fingerprint density at radius 1 is 0.895 bits per heavy atom. The van der Waals surface area contributed by atoms with E-state index in [1.165, 1.54) is 18.2 Å². The molecule has 0 aromatic heterocycles. The predicted molar refractivity (Wildman–Crippen MR) is 146 cm³/mol. The highest BCUT2D eigenvalue weighted by molar-refractivity contribution is 6.53. The van der Waals surface area contributed by atoms with Crippen molar-refractivity contribution in [2.75, 3.05) is 22.1 Å². The fourth-order valence-electron chi connectivity index (χ4n) is 4.28. The van der Waals surface area contributed by atoms with Gasteiger partial charge in [0.1, 0.15) is 10.7 Å². The highest BCUT2D eigenvalue weighted by Gasteiger charge is 2.39. The van der Waals surface area contributed by atoms with Crippen molar-refractivity contribution in [2.24, 2.45) is 0 Å². The van der Waals surface area contributed by atoms with Crippen molar-refractivity contribution in [1.29, 1.82) is 0 Å². The van der Waals surface area contributed by atoms with Crippen LogP contribution >= 0.6 is 11.6 Å². The number of carbonyl (C=O) groups is 4. The van der Waals surface area contributed by atoms with E-state index in [9.17, 15) is 19.2 Å². The Labute approximate surface area is 225 Å². The van der Waals surface area contributed by atoms with Crippen molar-refractivity contribution in [1.82, 2.24) is 0 Å². The molecule has 1 aliphatic rings. The van der Waals surface area contributed by atoms with Crippen LogP contribution in [-0.4, -0.2) is 30.3 Å². The molecule has 0 fully saturated rings. The van der Waals surface area contributed by atoms with Crippen molar-refractivity contribution in [3.63, 3.8) is 0 Å². The van der Waals surface area contributed by atoms with Gasteiger partial charge < -0.3 is 15.4 Å². The summed E-state index contributed by atoms with van der Waals surface area (Å²) in [6.07, 6.45) is 0. The van der Waals surface area contributed by atoms with Gasteiger partial charge in [0.2, 0.25) is 0 Å². The first-order valence-corrected chi connectivity index (χ1v) is 12.3. The number of anilines is 3. The highest BCUT2D eigenvalue weighted by atomic mass is 35.5. The molecular formula is C29H26ClN3O5. The fourth-order valence-corrected chi connectivity index (χ4v) is 4.49. The summed E-state index contributed by atoms with van der Waals surface area (Å²) in [4.78, 5) is 52.1. The molecule has 0 aliphatic carbocycles. The van der Waals surface area contributed by atoms with Crippen LogP contribution in [0.5, 0.6) is 0 Å². The summed E-state index contributed by atoms with van der Waals surface area (Å²) in [5.41, 5.74) is 4.72. The summed E-state index contributed by atoms with van der Waals surface area (Å²) in [7, 11) is 0. The second kappa shape index (κ2) is 10.9. The lowest BCUT2D eigenvalue weighted by Gasteiger charge is -2.16. The van der Waals surface area contributed by atoms with Gasteiger partial charge in [0.15, 0.2) is 0 Å². The van der Waals surface area contributed by atoms with Crippen LogP contribution in [0.1, 0.15) is 44.3 Å². The lowest BCUT2D eigenvalue weighted by atomic mass is 10.0. The largest absolute Gasteiger partial charge is 0.462 e. The first-order valence-electron chi connectivity index (χ1n) is 11.9. The van der Waals surface area contributed by atoms with Gasteiger partial charge >= 0.3 is 5.97 Å². The van der Waals surface area contributed by atoms with Crippen molar-refractivity contribution in [3.05, 3.63) is 99.2 Å². The Bertz CT molecular complexity index is 1490. The molecule has 0 saturated heterocycles. The average Bonchev–Trinajstić information content (AvgIpc) is 3.09. The SMILES string of the molecule is CCOC(=O)c1cccc(N2C(=O)C(Cl)=C(Nc3cccc(C(=O)Nc4c(C)cc(C)cc4C)c3)C2=O)c1. The third-order valence-electron chi connectivity index (χ3n) is 5.95. The van der Waals surface area contributed by atoms with Gasteiger partial charge in [0, 0.05) is 16.9 Å². The van der Waals surface area contributed by atoms with Crippen LogP contribution in [0.15, 0.2) is 71.4 Å². The second-order valence-corrected chi connectivity index (χ2v) is 9.22. The Morgan fingerprint density at radius 3 is 2.24 bits per heavy atom. The molecule has 0 unspecified atom stereocenters. The fraction of sp³-hybridized carbons (Fsp3) is 0.172. The van der Waals surface area contributed by atoms with Crippen LogP contribution < -0.4 is 15.5 Å². The van der Waals surface area contributed by atoms with E-state index in [0.717, 1.165) is 27.3 Å². The lowest BCUT2D eigenvalue weighted by Crippen LogP contribution is -2.32. The van der Waals surface area contributed by atoms with Gasteiger partial charge in [-0.3, -0.25) is 14.4 Å². The second-order valence-electron chi connectivity index (χ2n) is 8.84. The Kier molecular flexibility index (Phi) is 7.64. The van der Waals surface area contributed by atoms with E-state index in [1.54, 1.807) is 37.3 Å². The maximum atomic E-state index is 13.2. The third kappa shape index (κ3) is 5.31. The number of nitrogens with one attached hydrogen (secondary N) is 2. The van der Waals surface area contributed by atoms with Gasteiger partial charge in [-0.15, -0.1) is 0 Å². The molecule has 38 heavy (non-hydrogen) atoms. The van der Waals surface area contributed by atoms with Crippen molar-refractivity contribution in [3.8, 4) is 0 Å². The number of halogens is 1. The number of esters is 1. The summed E-state index contributed by atoms with van der Waals surface area (Å²) >= 11 is 6.26. The van der Waals surface area contributed by atoms with Crippen molar-refractivity contribution >= 4 is 52.4 Å². The molecule has 0 saturated carbocycles. The van der Waals surface area contributed by atoms with Crippen LogP contribution in [-0.2, 0) is 14.3 Å². The van der Waals surface area contributed by atoms with Gasteiger partial charge in [0.25, 0.3) is 17.7 Å². The maximum absolute atomic E-state index is 13.2. The van der Waals surface area contributed by atoms with Crippen LogP contribution in [0.4, 0.5) is 17.1 Å². The third-order valence-corrected chi connectivity index (χ3v) is 6.30. The molecule has 9 heteroatoms. The Balaban J connectivity index is 1.55. The number of amides is 3. The molecular weight excluding hydrogens is 506 g/mol. The van der Waals surface area contributed by atoms with E-state index < -0.39 is 17.8 Å². The number of benzene rings is 3. The topological polar surface area (TPSA) is 105 Å². The molecule has 1 aliphatic heterocycles. The summed E-state index contributed by atoms with van der Waals surface area (Å²) in [6.45, 7) is 7.72. The number of rotatable bonds is 7. The van der Waals surface area contributed by atoms with Gasteiger partial charge in [-0.1, -0.05) is 41.4 Å². The number of hydrogen-bond acceptors (Lipinski definition) is 6. The van der Waals surface area contributed by atoms with Crippen LogP contribution in [0.2, 0.25) is 0 Å². The quantitative estimate of drug-likeness (QED) is 0.309. The maximum Gasteiger partial charge on any atom is 0.338 e. The minimum absolute atomic E-state index is 0.138. The molecule has 0 atom stereocenters. The monoisotopic (exact) mass is 531 g/mol. The van der Waals surface area contributed by atoms with E-state index in [0.29, 0.717) is 11.3 Å². The molecule has 0 radical (unpaired) electrons. The molecule has 3 aromatic rings. The summed E-state index contributed by atoms with van der Waals surface area (Å²) in [5.74, 6) is -2.33. The smallest absolute Gasteiger partial charge is 0.338 e. The number of hydrogen-bond donors (Lipinski definition) is 2. The van der Waals surface area contributed by atoms with Crippen LogP contribution in [0.25, 0.3) is 0 Å². The minimum atomic E-state index is -0.737. The molecule has 0 bridgehead atoms. The minimum Gasteiger partial charge on any atom is -0.462 e. The first kappa shape index (κ1) is 26.6. The lowest BCUT2D eigenvalue weighted by molar-refractivity contribution is -0.120. The number of ether oxygens (including phenoxy) is 1. The molecule has 4 rings (SSSR count). The zero-order chi connectivity index (χ0) is 27.6. The molecule has 3 amide bonds. The Hall–Kier alpha value is -4.43. The van der Waals surface area contributed by atoms with E-state index in [2.05, 4.69) is 10.6 Å². The highest BCUT2D eigenvalue weighted by Crippen LogP contribution is 2.31. The standard InChI is InChI=1S/C29H26ClN3O5/c1-5-38-29(37)20-9-7-11-22(15-20)33-27(35)23(30)25(28(33)36)31-21-10-6-8-19(14-21)26(34)32-24-17(3)12-16(2)13-18(24)4/h6-15,31H,5H2,1-4H3,(H,32,34). The molecule has 3 aromatic carbocycles. The average molecular weight is 532 g/mol. The molecule has 8 nitrogen and oxygen atoms in total. The summed E-state index contributed by atoms with van der Waals surface area (Å²) in [6, 6.07) is 16.5. The van der Waals surface area contributed by atoms with E-state index in [-0.39, 0.29) is 34.5 Å². The van der Waals surface area contributed by atoms with E-state index in [4.69, 9.17) is 16.3 Å². The van der Waals surface area contributed by atoms with Crippen LogP contribution in [0, 0.1) is 20.8 Å². The normalized spacial score (nSPS) is 13.1. The molecule has 2 N–H and O–H groups in total. The van der Waals surface area contributed by atoms with Gasteiger partial charge in [-0.05, 0) is 75.2 Å². The van der Waals surface area contributed by atoms with Gasteiger partial charge in [0.05, 0.1) is 17.9 Å². The van der Waals surface area contributed by atoms with Crippen molar-refractivity contribution < 1.29 is 23.9 Å². The zero-order valence-corrected chi connectivity index (χ0v) is 22.1. The molecule has 1 heterocycles. The summed E-state index contributed by atoms with van der Waals surface area (Å²) in [5, 5.41) is 5.52. The molecule has 194 valence electrons. The first-order chi connectivity index (χ1) is 18.1. The van der Waals surface area contributed by atoms with Gasteiger partial charge in [-0.2, -0.15) is 0 Å². The van der Waals surface area contributed by atoms with Gasteiger partial charge in [-0.25, -0.2) is 9.69 Å². The van der Waals surface area contributed by atoms with Crippen molar-refractivity contribution in [2.45, 2.75) is 27.7 Å². The zero-order valence-electron chi connectivity index (χ0n) is 21.3. The number of aryl methyl sites for hydroxylation is 3. The number of carbonyl (C=O) groups excluding carboxylic acids is 4. The van der Waals surface area contributed by atoms with Crippen LogP contribution in [0.3, 0.4) is 0 Å².